The molecule has 1 unspecified atom stereocenters. The van der Waals surface area contributed by atoms with E-state index in [1.54, 1.807) is 7.11 Å². The van der Waals surface area contributed by atoms with E-state index in [-0.39, 0.29) is 6.04 Å². The molecular weight excluding hydrogens is 326 g/mol. The van der Waals surface area contributed by atoms with Gasteiger partial charge in [-0.05, 0) is 48.6 Å². The molecule has 0 heterocycles. The van der Waals surface area contributed by atoms with E-state index >= 15 is 0 Å². The third-order valence-electron chi connectivity index (χ3n) is 3.97. The summed E-state index contributed by atoms with van der Waals surface area (Å²) in [5.74, 6) is 0.878. The van der Waals surface area contributed by atoms with Gasteiger partial charge in [-0.2, -0.15) is 0 Å². The lowest BCUT2D eigenvalue weighted by Gasteiger charge is -2.21. The summed E-state index contributed by atoms with van der Waals surface area (Å²) < 4.78 is 6.66. The molecule has 0 fully saturated rings. The Kier molecular flexibility index (Phi) is 5.07. The Labute approximate surface area is 135 Å². The number of methoxy groups -OCH3 is 1. The topological polar surface area (TPSA) is 35.2 Å². The minimum absolute atomic E-state index is 0.193. The number of rotatable bonds is 4. The van der Waals surface area contributed by atoms with E-state index in [4.69, 9.17) is 10.5 Å². The molecule has 0 bridgehead atoms. The summed E-state index contributed by atoms with van der Waals surface area (Å²) in [6.45, 7) is 6.26. The van der Waals surface area contributed by atoms with E-state index in [0.717, 1.165) is 38.9 Å². The Morgan fingerprint density at radius 1 is 1.19 bits per heavy atom. The molecule has 2 N–H and O–H groups in total. The summed E-state index contributed by atoms with van der Waals surface area (Å²) in [7, 11) is 1.70. The third kappa shape index (κ3) is 3.14. The zero-order chi connectivity index (χ0) is 15.6. The van der Waals surface area contributed by atoms with Crippen molar-refractivity contribution >= 4 is 15.9 Å². The molecule has 0 saturated carbocycles. The molecule has 0 aliphatic carbocycles. The van der Waals surface area contributed by atoms with Gasteiger partial charge in [0.25, 0.3) is 0 Å². The maximum atomic E-state index is 6.52. The van der Waals surface area contributed by atoms with E-state index < -0.39 is 0 Å². The zero-order valence-electron chi connectivity index (χ0n) is 13.0. The Morgan fingerprint density at radius 3 is 2.33 bits per heavy atom. The fourth-order valence-electron chi connectivity index (χ4n) is 2.65. The van der Waals surface area contributed by atoms with E-state index in [0.29, 0.717) is 0 Å². The molecule has 2 aromatic carbocycles. The number of hydrogen-bond acceptors (Lipinski definition) is 2. The summed E-state index contributed by atoms with van der Waals surface area (Å²) >= 11 is 3.61. The Bertz CT molecular complexity index is 635. The van der Waals surface area contributed by atoms with Gasteiger partial charge in [0.1, 0.15) is 5.75 Å². The van der Waals surface area contributed by atoms with Gasteiger partial charge in [0.15, 0.2) is 0 Å². The summed E-state index contributed by atoms with van der Waals surface area (Å²) in [4.78, 5) is 0. The fourth-order valence-corrected chi connectivity index (χ4v) is 3.20. The first kappa shape index (κ1) is 16.1. The Hall–Kier alpha value is -1.32. The van der Waals surface area contributed by atoms with Crippen molar-refractivity contribution < 1.29 is 4.74 Å². The van der Waals surface area contributed by atoms with Crippen LogP contribution < -0.4 is 10.5 Å². The SMILES string of the molecule is CCc1ccc(C(N)c2c(C)c(Br)cc(C)c2OC)cc1. The van der Waals surface area contributed by atoms with Gasteiger partial charge < -0.3 is 10.5 Å². The highest BCUT2D eigenvalue weighted by Gasteiger charge is 2.20. The molecule has 2 nitrogen and oxygen atoms in total. The maximum absolute atomic E-state index is 6.52. The van der Waals surface area contributed by atoms with Crippen LogP contribution in [0.25, 0.3) is 0 Å². The maximum Gasteiger partial charge on any atom is 0.127 e. The molecule has 0 amide bonds. The van der Waals surface area contributed by atoms with Crippen LogP contribution in [-0.4, -0.2) is 7.11 Å². The van der Waals surface area contributed by atoms with Crippen LogP contribution in [0.4, 0.5) is 0 Å². The van der Waals surface area contributed by atoms with E-state index in [9.17, 15) is 0 Å². The molecule has 0 aliphatic rings. The van der Waals surface area contributed by atoms with Crippen LogP contribution in [0.5, 0.6) is 5.75 Å². The summed E-state index contributed by atoms with van der Waals surface area (Å²) in [5.41, 5.74) is 12.2. The lowest BCUT2D eigenvalue weighted by Crippen LogP contribution is -2.15. The van der Waals surface area contributed by atoms with Crippen LogP contribution in [0.15, 0.2) is 34.8 Å². The summed E-state index contributed by atoms with van der Waals surface area (Å²) in [6, 6.07) is 10.4. The van der Waals surface area contributed by atoms with E-state index in [1.807, 2.05) is 6.92 Å². The normalized spacial score (nSPS) is 12.3. The number of ether oxygens (including phenoxy) is 1. The van der Waals surface area contributed by atoms with Crippen molar-refractivity contribution in [3.05, 3.63) is 62.6 Å². The minimum atomic E-state index is -0.193. The van der Waals surface area contributed by atoms with Crippen LogP contribution in [0.1, 0.15) is 40.8 Å². The van der Waals surface area contributed by atoms with E-state index in [1.165, 1.54) is 5.56 Å². The standard InChI is InChI=1S/C18H22BrNO/c1-5-13-6-8-14(9-7-13)17(20)16-12(3)15(19)10-11(2)18(16)21-4/h6-10,17H,5,20H2,1-4H3. The molecule has 1 atom stereocenters. The quantitative estimate of drug-likeness (QED) is 0.870. The van der Waals surface area contributed by atoms with Crippen molar-refractivity contribution in [2.75, 3.05) is 7.11 Å². The molecule has 0 radical (unpaired) electrons. The molecule has 0 aliphatic heterocycles. The molecule has 0 aromatic heterocycles. The second kappa shape index (κ2) is 6.63. The third-order valence-corrected chi connectivity index (χ3v) is 4.79. The van der Waals surface area contributed by atoms with Crippen molar-refractivity contribution in [1.82, 2.24) is 0 Å². The van der Waals surface area contributed by atoms with Crippen LogP contribution in [-0.2, 0) is 6.42 Å². The van der Waals surface area contributed by atoms with Crippen LogP contribution in [0, 0.1) is 13.8 Å². The molecule has 2 rings (SSSR count). The molecule has 21 heavy (non-hydrogen) atoms. The largest absolute Gasteiger partial charge is 0.496 e. The van der Waals surface area contributed by atoms with Crippen LogP contribution >= 0.6 is 15.9 Å². The van der Waals surface area contributed by atoms with Gasteiger partial charge in [0, 0.05) is 10.0 Å². The molecule has 3 heteroatoms. The smallest absolute Gasteiger partial charge is 0.127 e. The molecule has 2 aromatic rings. The first-order valence-corrected chi connectivity index (χ1v) is 7.96. The number of aryl methyl sites for hydroxylation is 2. The first-order chi connectivity index (χ1) is 9.99. The first-order valence-electron chi connectivity index (χ1n) is 7.17. The zero-order valence-corrected chi connectivity index (χ0v) is 14.6. The molecule has 0 saturated heterocycles. The summed E-state index contributed by atoms with van der Waals surface area (Å²) in [5, 5.41) is 0. The van der Waals surface area contributed by atoms with E-state index in [2.05, 4.69) is 60.1 Å². The van der Waals surface area contributed by atoms with Gasteiger partial charge in [-0.15, -0.1) is 0 Å². The average Bonchev–Trinajstić information content (AvgIpc) is 2.50. The van der Waals surface area contributed by atoms with Gasteiger partial charge in [-0.25, -0.2) is 0 Å². The highest BCUT2D eigenvalue weighted by molar-refractivity contribution is 9.10. The number of hydrogen-bond donors (Lipinski definition) is 1. The second-order valence-electron chi connectivity index (χ2n) is 5.32. The summed E-state index contributed by atoms with van der Waals surface area (Å²) in [6.07, 6.45) is 1.04. The van der Waals surface area contributed by atoms with Gasteiger partial charge in [-0.3, -0.25) is 0 Å². The number of benzene rings is 2. The minimum Gasteiger partial charge on any atom is -0.496 e. The van der Waals surface area contributed by atoms with Crippen molar-refractivity contribution in [3.63, 3.8) is 0 Å². The lowest BCUT2D eigenvalue weighted by molar-refractivity contribution is 0.404. The molecule has 112 valence electrons. The highest BCUT2D eigenvalue weighted by atomic mass is 79.9. The predicted molar refractivity (Wildman–Crippen MR) is 92.0 cm³/mol. The van der Waals surface area contributed by atoms with Gasteiger partial charge in [0.05, 0.1) is 13.2 Å². The average molecular weight is 348 g/mol. The van der Waals surface area contributed by atoms with Crippen LogP contribution in [0.2, 0.25) is 0 Å². The Morgan fingerprint density at radius 2 is 1.81 bits per heavy atom. The molecular formula is C18H22BrNO. The van der Waals surface area contributed by atoms with Crippen molar-refractivity contribution in [2.24, 2.45) is 5.73 Å². The van der Waals surface area contributed by atoms with Gasteiger partial charge >= 0.3 is 0 Å². The number of nitrogens with two attached hydrogens (primary N) is 1. The van der Waals surface area contributed by atoms with Crippen LogP contribution in [0.3, 0.4) is 0 Å². The molecule has 0 spiro atoms. The van der Waals surface area contributed by atoms with Crippen molar-refractivity contribution in [2.45, 2.75) is 33.2 Å². The van der Waals surface area contributed by atoms with Gasteiger partial charge in [0.2, 0.25) is 0 Å². The number of halogens is 1. The lowest BCUT2D eigenvalue weighted by atomic mass is 9.92. The van der Waals surface area contributed by atoms with Crippen molar-refractivity contribution in [1.29, 1.82) is 0 Å². The van der Waals surface area contributed by atoms with Crippen molar-refractivity contribution in [3.8, 4) is 5.75 Å². The Balaban J connectivity index is 2.53. The highest BCUT2D eigenvalue weighted by Crippen LogP contribution is 2.37. The van der Waals surface area contributed by atoms with Gasteiger partial charge in [-0.1, -0.05) is 47.1 Å². The monoisotopic (exact) mass is 347 g/mol. The second-order valence-corrected chi connectivity index (χ2v) is 6.17. The predicted octanol–water partition coefficient (Wildman–Crippen LogP) is 4.69. The fraction of sp³-hybridized carbons (Fsp3) is 0.333.